The summed E-state index contributed by atoms with van der Waals surface area (Å²) in [6.45, 7) is 8.91. The van der Waals surface area contributed by atoms with Gasteiger partial charge in [-0.2, -0.15) is 0 Å². The summed E-state index contributed by atoms with van der Waals surface area (Å²) in [4.78, 5) is 8.19. The number of imidazole rings is 1. The maximum Gasteiger partial charge on any atom is 0.110 e. The average Bonchev–Trinajstić information content (AvgIpc) is 2.66. The lowest BCUT2D eigenvalue weighted by atomic mass is 10.1. The zero-order valence-corrected chi connectivity index (χ0v) is 10.4. The van der Waals surface area contributed by atoms with E-state index in [4.69, 9.17) is 4.98 Å². The van der Waals surface area contributed by atoms with E-state index in [0.717, 1.165) is 5.52 Å². The fourth-order valence-corrected chi connectivity index (χ4v) is 2.39. The molecule has 2 nitrogen and oxygen atoms in total. The first-order valence-corrected chi connectivity index (χ1v) is 5.94. The lowest BCUT2D eigenvalue weighted by Gasteiger charge is -1.97. The Hall–Kier alpha value is -1.31. The molecule has 84 valence electrons. The summed E-state index contributed by atoms with van der Waals surface area (Å²) in [6.07, 6.45) is 1.25. The highest BCUT2D eigenvalue weighted by Gasteiger charge is 2.48. The van der Waals surface area contributed by atoms with Crippen molar-refractivity contribution in [2.45, 2.75) is 40.0 Å². The molecular weight excluding hydrogens is 196 g/mol. The van der Waals surface area contributed by atoms with Crippen molar-refractivity contribution in [3.05, 3.63) is 29.1 Å². The molecule has 1 aromatic carbocycles. The molecule has 0 bridgehead atoms. The molecule has 0 aliphatic heterocycles. The predicted octanol–water partition coefficient (Wildman–Crippen LogP) is 3.69. The van der Waals surface area contributed by atoms with E-state index in [1.165, 1.54) is 28.9 Å². The van der Waals surface area contributed by atoms with E-state index in [1.54, 1.807) is 0 Å². The summed E-state index contributed by atoms with van der Waals surface area (Å²) < 4.78 is 0. The van der Waals surface area contributed by atoms with E-state index in [9.17, 15) is 0 Å². The number of aryl methyl sites for hydroxylation is 2. The van der Waals surface area contributed by atoms with Gasteiger partial charge >= 0.3 is 0 Å². The lowest BCUT2D eigenvalue weighted by Crippen LogP contribution is -1.91. The van der Waals surface area contributed by atoms with Crippen molar-refractivity contribution < 1.29 is 0 Å². The zero-order valence-electron chi connectivity index (χ0n) is 10.4. The van der Waals surface area contributed by atoms with E-state index in [-0.39, 0.29) is 0 Å². The molecule has 0 amide bonds. The Kier molecular flexibility index (Phi) is 1.78. The molecule has 3 rings (SSSR count). The van der Waals surface area contributed by atoms with Crippen LogP contribution in [0.4, 0.5) is 0 Å². The summed E-state index contributed by atoms with van der Waals surface area (Å²) in [5, 5.41) is 0. The third kappa shape index (κ3) is 1.36. The fraction of sp³-hybridized carbons (Fsp3) is 0.500. The second-order valence-corrected chi connectivity index (χ2v) is 5.82. The van der Waals surface area contributed by atoms with Crippen LogP contribution in [0.3, 0.4) is 0 Å². The van der Waals surface area contributed by atoms with Crippen molar-refractivity contribution in [3.8, 4) is 0 Å². The molecule has 2 aromatic rings. The first-order valence-electron chi connectivity index (χ1n) is 5.94. The van der Waals surface area contributed by atoms with Crippen LogP contribution in [0.5, 0.6) is 0 Å². The molecule has 1 heterocycles. The van der Waals surface area contributed by atoms with Gasteiger partial charge in [-0.3, -0.25) is 0 Å². The average molecular weight is 214 g/mol. The standard InChI is InChI=1S/C14H18N2/c1-8-5-11-12(6-9(8)2)16-13(15-11)10-7-14(10,3)4/h5-6,10H,7H2,1-4H3,(H,15,16). The van der Waals surface area contributed by atoms with Gasteiger partial charge in [-0.15, -0.1) is 0 Å². The van der Waals surface area contributed by atoms with Crippen LogP contribution in [0.25, 0.3) is 11.0 Å². The monoisotopic (exact) mass is 214 g/mol. The summed E-state index contributed by atoms with van der Waals surface area (Å²) >= 11 is 0. The Morgan fingerprint density at radius 1 is 1.25 bits per heavy atom. The minimum Gasteiger partial charge on any atom is -0.342 e. The van der Waals surface area contributed by atoms with Gasteiger partial charge in [0.15, 0.2) is 0 Å². The fourth-order valence-electron chi connectivity index (χ4n) is 2.39. The van der Waals surface area contributed by atoms with Gasteiger partial charge in [-0.1, -0.05) is 13.8 Å². The number of nitrogens with one attached hydrogen (secondary N) is 1. The summed E-state index contributed by atoms with van der Waals surface area (Å²) in [5.41, 5.74) is 5.39. The zero-order chi connectivity index (χ0) is 11.5. The van der Waals surface area contributed by atoms with Gasteiger partial charge in [-0.25, -0.2) is 4.98 Å². The van der Waals surface area contributed by atoms with Gasteiger partial charge in [0.1, 0.15) is 5.82 Å². The molecule has 2 heteroatoms. The topological polar surface area (TPSA) is 28.7 Å². The molecule has 1 aromatic heterocycles. The Morgan fingerprint density at radius 3 is 2.50 bits per heavy atom. The summed E-state index contributed by atoms with van der Waals surface area (Å²) in [6, 6.07) is 4.39. The number of aromatic nitrogens is 2. The van der Waals surface area contributed by atoms with Gasteiger partial charge in [-0.05, 0) is 48.9 Å². The quantitative estimate of drug-likeness (QED) is 0.770. The first kappa shape index (κ1) is 9.88. The molecule has 0 saturated heterocycles. The highest BCUT2D eigenvalue weighted by Crippen LogP contribution is 2.57. The van der Waals surface area contributed by atoms with Gasteiger partial charge in [0, 0.05) is 5.92 Å². The number of hydrogen-bond donors (Lipinski definition) is 1. The van der Waals surface area contributed by atoms with Crippen LogP contribution in [-0.4, -0.2) is 9.97 Å². The van der Waals surface area contributed by atoms with Crippen molar-refractivity contribution >= 4 is 11.0 Å². The van der Waals surface area contributed by atoms with Gasteiger partial charge in [0.2, 0.25) is 0 Å². The Labute approximate surface area is 96.1 Å². The van der Waals surface area contributed by atoms with Crippen molar-refractivity contribution in [1.29, 1.82) is 0 Å². The second-order valence-electron chi connectivity index (χ2n) is 5.82. The summed E-state index contributed by atoms with van der Waals surface area (Å²) in [7, 11) is 0. The molecule has 16 heavy (non-hydrogen) atoms. The Morgan fingerprint density at radius 2 is 1.88 bits per heavy atom. The largest absolute Gasteiger partial charge is 0.342 e. The Balaban J connectivity index is 2.10. The van der Waals surface area contributed by atoms with E-state index < -0.39 is 0 Å². The molecule has 1 fully saturated rings. The lowest BCUT2D eigenvalue weighted by molar-refractivity contribution is 0.612. The minimum atomic E-state index is 0.442. The van der Waals surface area contributed by atoms with Crippen molar-refractivity contribution in [2.75, 3.05) is 0 Å². The molecular formula is C14H18N2. The van der Waals surface area contributed by atoms with Crippen LogP contribution in [0, 0.1) is 19.3 Å². The van der Waals surface area contributed by atoms with E-state index in [1.807, 2.05) is 0 Å². The number of rotatable bonds is 1. The predicted molar refractivity (Wildman–Crippen MR) is 66.7 cm³/mol. The maximum absolute atomic E-state index is 4.72. The second kappa shape index (κ2) is 2.88. The molecule has 1 unspecified atom stereocenters. The van der Waals surface area contributed by atoms with Crippen molar-refractivity contribution in [1.82, 2.24) is 9.97 Å². The molecule has 1 N–H and O–H groups in total. The SMILES string of the molecule is Cc1cc2nc(C3CC3(C)C)[nH]c2cc1C. The molecule has 1 aliphatic rings. The molecule has 0 spiro atoms. The normalized spacial score (nSPS) is 22.6. The molecule has 1 saturated carbocycles. The molecule has 1 atom stereocenters. The van der Waals surface area contributed by atoms with Crippen LogP contribution in [0.15, 0.2) is 12.1 Å². The van der Waals surface area contributed by atoms with Crippen LogP contribution < -0.4 is 0 Å². The number of nitrogens with zero attached hydrogens (tertiary/aromatic N) is 1. The molecule has 1 aliphatic carbocycles. The number of fused-ring (bicyclic) bond motifs is 1. The summed E-state index contributed by atoms with van der Waals surface area (Å²) in [5.74, 6) is 1.80. The number of aromatic amines is 1. The third-order valence-corrected chi connectivity index (χ3v) is 3.96. The first-order chi connectivity index (χ1) is 7.47. The van der Waals surface area contributed by atoms with Gasteiger partial charge in [0.25, 0.3) is 0 Å². The Bertz CT molecular complexity index is 524. The maximum atomic E-state index is 4.72. The van der Waals surface area contributed by atoms with E-state index >= 15 is 0 Å². The van der Waals surface area contributed by atoms with Gasteiger partial charge in [0.05, 0.1) is 11.0 Å². The van der Waals surface area contributed by atoms with Crippen molar-refractivity contribution in [3.63, 3.8) is 0 Å². The minimum absolute atomic E-state index is 0.442. The van der Waals surface area contributed by atoms with Crippen LogP contribution in [0.1, 0.15) is 43.1 Å². The number of H-pyrrole nitrogens is 1. The van der Waals surface area contributed by atoms with Crippen LogP contribution >= 0.6 is 0 Å². The smallest absolute Gasteiger partial charge is 0.110 e. The molecule has 0 radical (unpaired) electrons. The highest BCUT2D eigenvalue weighted by molar-refractivity contribution is 5.77. The number of hydrogen-bond acceptors (Lipinski definition) is 1. The number of benzene rings is 1. The van der Waals surface area contributed by atoms with Crippen molar-refractivity contribution in [2.24, 2.45) is 5.41 Å². The van der Waals surface area contributed by atoms with Crippen LogP contribution in [-0.2, 0) is 0 Å². The highest BCUT2D eigenvalue weighted by atomic mass is 14.9. The van der Waals surface area contributed by atoms with E-state index in [2.05, 4.69) is 44.8 Å². The third-order valence-electron chi connectivity index (χ3n) is 3.96. The van der Waals surface area contributed by atoms with E-state index in [0.29, 0.717) is 11.3 Å². The van der Waals surface area contributed by atoms with Gasteiger partial charge < -0.3 is 4.98 Å². The van der Waals surface area contributed by atoms with Crippen LogP contribution in [0.2, 0.25) is 0 Å².